The van der Waals surface area contributed by atoms with Crippen molar-refractivity contribution in [2.75, 3.05) is 36.4 Å². The first-order chi connectivity index (χ1) is 13.0. The van der Waals surface area contributed by atoms with Crippen molar-refractivity contribution in [2.24, 2.45) is 0 Å². The van der Waals surface area contributed by atoms with E-state index in [-0.39, 0.29) is 17.6 Å². The molecule has 1 atom stereocenters. The molecule has 1 N–H and O–H groups in total. The van der Waals surface area contributed by atoms with E-state index in [9.17, 15) is 14.9 Å². The lowest BCUT2D eigenvalue weighted by atomic mass is 10.1. The van der Waals surface area contributed by atoms with Crippen LogP contribution in [0.3, 0.4) is 0 Å². The average Bonchev–Trinajstić information content (AvgIpc) is 2.69. The molecule has 0 saturated carbocycles. The third kappa shape index (κ3) is 4.40. The largest absolute Gasteiger partial charge is 0.354 e. The predicted molar refractivity (Wildman–Crippen MR) is 104 cm³/mol. The number of piperazine rings is 1. The van der Waals surface area contributed by atoms with E-state index in [1.54, 1.807) is 19.2 Å². The molecule has 1 aromatic heterocycles. The number of non-ortho nitro benzene ring substituents is 1. The summed E-state index contributed by atoms with van der Waals surface area (Å²) in [5.74, 6) is 0.842. The van der Waals surface area contributed by atoms with Crippen LogP contribution in [-0.2, 0) is 4.79 Å². The predicted octanol–water partition coefficient (Wildman–Crippen LogP) is 2.45. The number of pyridine rings is 1. The van der Waals surface area contributed by atoms with Crippen LogP contribution >= 0.6 is 0 Å². The summed E-state index contributed by atoms with van der Waals surface area (Å²) in [7, 11) is 0. The Hall–Kier alpha value is -3.00. The summed E-state index contributed by atoms with van der Waals surface area (Å²) in [5, 5.41) is 13.7. The molecule has 1 amide bonds. The highest BCUT2D eigenvalue weighted by Gasteiger charge is 2.26. The number of anilines is 2. The van der Waals surface area contributed by atoms with E-state index in [1.165, 1.54) is 12.1 Å². The highest BCUT2D eigenvalue weighted by Crippen LogP contribution is 2.22. The summed E-state index contributed by atoms with van der Waals surface area (Å²) < 4.78 is 0. The van der Waals surface area contributed by atoms with Crippen LogP contribution in [0.1, 0.15) is 12.5 Å². The lowest BCUT2D eigenvalue weighted by Crippen LogP contribution is -2.53. The maximum atomic E-state index is 12.6. The SMILES string of the molecule is Cc1cc([N+](=O)[O-])ccc1NC(=O)[C@@H](C)N1CCN(c2ccccn2)CC1. The first-order valence-electron chi connectivity index (χ1n) is 8.91. The molecule has 0 spiro atoms. The van der Waals surface area contributed by atoms with Gasteiger partial charge < -0.3 is 10.2 Å². The Balaban J connectivity index is 1.57. The van der Waals surface area contributed by atoms with Crippen molar-refractivity contribution < 1.29 is 9.72 Å². The number of aryl methyl sites for hydroxylation is 1. The summed E-state index contributed by atoms with van der Waals surface area (Å²) in [5.41, 5.74) is 1.29. The summed E-state index contributed by atoms with van der Waals surface area (Å²) >= 11 is 0. The van der Waals surface area contributed by atoms with Crippen LogP contribution in [0, 0.1) is 17.0 Å². The van der Waals surface area contributed by atoms with Gasteiger partial charge in [0, 0.05) is 50.2 Å². The number of rotatable bonds is 5. The standard InChI is InChI=1S/C19H23N5O3/c1-14-13-16(24(26)27)6-7-17(14)21-19(25)15(2)22-9-11-23(12-10-22)18-5-3-4-8-20-18/h3-8,13,15H,9-12H2,1-2H3,(H,21,25)/t15-/m1/s1. The first kappa shape index (κ1) is 18.8. The van der Waals surface area contributed by atoms with E-state index >= 15 is 0 Å². The summed E-state index contributed by atoms with van der Waals surface area (Å²) in [6.45, 7) is 6.79. The van der Waals surface area contributed by atoms with Gasteiger partial charge in [0.25, 0.3) is 5.69 Å². The van der Waals surface area contributed by atoms with Crippen molar-refractivity contribution in [2.45, 2.75) is 19.9 Å². The fourth-order valence-corrected chi connectivity index (χ4v) is 3.18. The molecule has 1 aliphatic rings. The minimum Gasteiger partial charge on any atom is -0.354 e. The molecule has 2 heterocycles. The highest BCUT2D eigenvalue weighted by atomic mass is 16.6. The molecule has 8 nitrogen and oxygen atoms in total. The van der Waals surface area contributed by atoms with Gasteiger partial charge in [0.2, 0.25) is 5.91 Å². The van der Waals surface area contributed by atoms with Gasteiger partial charge in [-0.1, -0.05) is 6.07 Å². The van der Waals surface area contributed by atoms with Gasteiger partial charge in [-0.05, 0) is 37.6 Å². The van der Waals surface area contributed by atoms with Gasteiger partial charge in [-0.15, -0.1) is 0 Å². The maximum Gasteiger partial charge on any atom is 0.269 e. The lowest BCUT2D eigenvalue weighted by molar-refractivity contribution is -0.384. The van der Waals surface area contributed by atoms with Crippen molar-refractivity contribution in [3.05, 3.63) is 58.3 Å². The van der Waals surface area contributed by atoms with Gasteiger partial charge in [0.15, 0.2) is 0 Å². The molecule has 0 aliphatic carbocycles. The number of carbonyl (C=O) groups is 1. The van der Waals surface area contributed by atoms with E-state index in [4.69, 9.17) is 0 Å². The van der Waals surface area contributed by atoms with Gasteiger partial charge in [-0.25, -0.2) is 4.98 Å². The Kier molecular flexibility index (Phi) is 5.66. The molecule has 1 aromatic carbocycles. The number of hydrogen-bond donors (Lipinski definition) is 1. The number of nitro groups is 1. The van der Waals surface area contributed by atoms with Crippen molar-refractivity contribution in [3.8, 4) is 0 Å². The first-order valence-corrected chi connectivity index (χ1v) is 8.91. The Bertz CT molecular complexity index is 819. The monoisotopic (exact) mass is 369 g/mol. The number of amides is 1. The molecule has 2 aromatic rings. The normalized spacial score (nSPS) is 16.0. The maximum absolute atomic E-state index is 12.6. The molecule has 1 fully saturated rings. The Morgan fingerprint density at radius 2 is 1.96 bits per heavy atom. The van der Waals surface area contributed by atoms with E-state index in [0.717, 1.165) is 32.0 Å². The fraction of sp³-hybridized carbons (Fsp3) is 0.368. The zero-order chi connectivity index (χ0) is 19.4. The molecule has 27 heavy (non-hydrogen) atoms. The second-order valence-corrected chi connectivity index (χ2v) is 6.63. The second kappa shape index (κ2) is 8.13. The minimum atomic E-state index is -0.442. The van der Waals surface area contributed by atoms with Crippen LogP contribution in [0.5, 0.6) is 0 Å². The number of benzene rings is 1. The minimum absolute atomic E-state index is 0.0178. The number of aromatic nitrogens is 1. The van der Waals surface area contributed by atoms with E-state index in [2.05, 4.69) is 20.1 Å². The molecule has 8 heteroatoms. The van der Waals surface area contributed by atoms with E-state index in [0.29, 0.717) is 11.3 Å². The molecule has 1 saturated heterocycles. The Labute approximate surface area is 158 Å². The summed E-state index contributed by atoms with van der Waals surface area (Å²) in [6, 6.07) is 10.0. The highest BCUT2D eigenvalue weighted by molar-refractivity contribution is 5.95. The quantitative estimate of drug-likeness (QED) is 0.643. The smallest absolute Gasteiger partial charge is 0.269 e. The van der Waals surface area contributed by atoms with E-state index < -0.39 is 4.92 Å². The lowest BCUT2D eigenvalue weighted by Gasteiger charge is -2.38. The zero-order valence-corrected chi connectivity index (χ0v) is 15.5. The molecule has 3 rings (SSSR count). The topological polar surface area (TPSA) is 91.6 Å². The molecule has 1 aliphatic heterocycles. The van der Waals surface area contributed by atoms with Crippen LogP contribution in [0.25, 0.3) is 0 Å². The number of carbonyl (C=O) groups excluding carboxylic acids is 1. The van der Waals surface area contributed by atoms with Crippen LogP contribution in [-0.4, -0.2) is 52.9 Å². The molecule has 142 valence electrons. The van der Waals surface area contributed by atoms with Gasteiger partial charge in [0.1, 0.15) is 5.82 Å². The molecular formula is C19H23N5O3. The number of hydrogen-bond acceptors (Lipinski definition) is 6. The van der Waals surface area contributed by atoms with Crippen LogP contribution in [0.15, 0.2) is 42.6 Å². The Morgan fingerprint density at radius 3 is 2.56 bits per heavy atom. The zero-order valence-electron chi connectivity index (χ0n) is 15.5. The molecule has 0 unspecified atom stereocenters. The van der Waals surface area contributed by atoms with Crippen molar-refractivity contribution in [1.29, 1.82) is 0 Å². The number of nitrogens with one attached hydrogen (secondary N) is 1. The number of nitro benzene ring substituents is 1. The van der Waals surface area contributed by atoms with Gasteiger partial charge in [0.05, 0.1) is 11.0 Å². The van der Waals surface area contributed by atoms with Gasteiger partial charge in [-0.2, -0.15) is 0 Å². The third-order valence-electron chi connectivity index (χ3n) is 4.89. The second-order valence-electron chi connectivity index (χ2n) is 6.63. The van der Waals surface area contributed by atoms with Crippen LogP contribution in [0.4, 0.5) is 17.2 Å². The van der Waals surface area contributed by atoms with Crippen molar-refractivity contribution >= 4 is 23.1 Å². The number of nitrogens with zero attached hydrogens (tertiary/aromatic N) is 4. The third-order valence-corrected chi connectivity index (χ3v) is 4.89. The Morgan fingerprint density at radius 1 is 1.22 bits per heavy atom. The molecular weight excluding hydrogens is 346 g/mol. The fourth-order valence-electron chi connectivity index (χ4n) is 3.18. The average molecular weight is 369 g/mol. The van der Waals surface area contributed by atoms with Gasteiger partial charge in [-0.3, -0.25) is 19.8 Å². The molecule has 0 radical (unpaired) electrons. The van der Waals surface area contributed by atoms with Crippen LogP contribution < -0.4 is 10.2 Å². The van der Waals surface area contributed by atoms with Crippen molar-refractivity contribution in [3.63, 3.8) is 0 Å². The van der Waals surface area contributed by atoms with Crippen LogP contribution in [0.2, 0.25) is 0 Å². The summed E-state index contributed by atoms with van der Waals surface area (Å²) in [6.07, 6.45) is 1.78. The van der Waals surface area contributed by atoms with Gasteiger partial charge >= 0.3 is 0 Å². The summed E-state index contributed by atoms with van der Waals surface area (Å²) in [4.78, 5) is 31.7. The van der Waals surface area contributed by atoms with Crippen molar-refractivity contribution in [1.82, 2.24) is 9.88 Å². The molecule has 0 bridgehead atoms. The van der Waals surface area contributed by atoms with E-state index in [1.807, 2.05) is 25.1 Å².